The van der Waals surface area contributed by atoms with Crippen molar-refractivity contribution in [3.63, 3.8) is 0 Å². The summed E-state index contributed by atoms with van der Waals surface area (Å²) in [5.41, 5.74) is -0.0671. The van der Waals surface area contributed by atoms with E-state index in [2.05, 4.69) is 0 Å². The fraction of sp³-hybridized carbons (Fsp3) is 0.300. The molecule has 4 nitrogen and oxygen atoms in total. The van der Waals surface area contributed by atoms with Crippen molar-refractivity contribution < 1.29 is 41.8 Å². The van der Waals surface area contributed by atoms with Gasteiger partial charge in [-0.25, -0.2) is 4.79 Å². The molecular weight excluding hydrogens is 232 g/mol. The number of phenols is 1. The molecule has 0 heterocycles. The van der Waals surface area contributed by atoms with E-state index in [0.29, 0.717) is 0 Å². The second-order valence-corrected chi connectivity index (χ2v) is 2.92. The molecule has 0 atom stereocenters. The number of para-hydroxylation sites is 1. The summed E-state index contributed by atoms with van der Waals surface area (Å²) >= 11 is 0. The molecule has 1 aromatic carbocycles. The molecule has 0 amide bonds. The molecule has 0 aliphatic rings. The summed E-state index contributed by atoms with van der Waals surface area (Å²) in [5, 5.41) is 25.4. The van der Waals surface area contributed by atoms with E-state index in [9.17, 15) is 4.79 Å². The summed E-state index contributed by atoms with van der Waals surface area (Å²) in [4.78, 5) is 10.3. The fourth-order valence-corrected chi connectivity index (χ4v) is 0.654. The summed E-state index contributed by atoms with van der Waals surface area (Å²) in [7, 11) is 0. The van der Waals surface area contributed by atoms with Crippen molar-refractivity contribution >= 4 is 5.97 Å². The molecule has 5 heteroatoms. The molecule has 0 unspecified atom stereocenters. The number of aromatic carboxylic acids is 1. The largest absolute Gasteiger partial charge is 0.507 e. The number of aliphatic hydroxyl groups is 1. The SMILES string of the molecule is CC(C)O.O=C(O)c1ccccc1O.[Ti]. The van der Waals surface area contributed by atoms with Crippen molar-refractivity contribution in [2.45, 2.75) is 20.0 Å². The predicted octanol–water partition coefficient (Wildman–Crippen LogP) is 1.47. The Morgan fingerprint density at radius 3 is 1.93 bits per heavy atom. The fourth-order valence-electron chi connectivity index (χ4n) is 0.654. The summed E-state index contributed by atoms with van der Waals surface area (Å²) < 4.78 is 0. The molecule has 0 aliphatic carbocycles. The van der Waals surface area contributed by atoms with Crippen molar-refractivity contribution in [3.05, 3.63) is 29.8 Å². The van der Waals surface area contributed by atoms with Crippen LogP contribution in [0.1, 0.15) is 24.2 Å². The molecule has 0 fully saturated rings. The Hall–Kier alpha value is -0.836. The zero-order valence-corrected chi connectivity index (χ0v) is 10.2. The number of benzene rings is 1. The van der Waals surface area contributed by atoms with Crippen LogP contribution in [0.4, 0.5) is 0 Å². The van der Waals surface area contributed by atoms with Gasteiger partial charge in [0.15, 0.2) is 0 Å². The van der Waals surface area contributed by atoms with Gasteiger partial charge in [-0.1, -0.05) is 12.1 Å². The zero-order valence-electron chi connectivity index (χ0n) is 8.64. The van der Waals surface area contributed by atoms with E-state index in [1.165, 1.54) is 12.1 Å². The summed E-state index contributed by atoms with van der Waals surface area (Å²) in [6, 6.07) is 5.81. The van der Waals surface area contributed by atoms with E-state index in [0.717, 1.165) is 0 Å². The molecule has 0 spiro atoms. The maximum Gasteiger partial charge on any atom is 0.339 e. The Kier molecular flexibility index (Phi) is 9.37. The quantitative estimate of drug-likeness (QED) is 0.656. The second-order valence-electron chi connectivity index (χ2n) is 2.92. The van der Waals surface area contributed by atoms with Gasteiger partial charge in [-0.2, -0.15) is 0 Å². The minimum atomic E-state index is -1.11. The maximum absolute atomic E-state index is 10.3. The summed E-state index contributed by atoms with van der Waals surface area (Å²) in [6.07, 6.45) is -0.167. The number of carbonyl (C=O) groups is 1. The van der Waals surface area contributed by atoms with E-state index >= 15 is 0 Å². The Balaban J connectivity index is 0. The van der Waals surface area contributed by atoms with Gasteiger partial charge >= 0.3 is 5.97 Å². The molecule has 0 aliphatic heterocycles. The Morgan fingerprint density at radius 1 is 1.27 bits per heavy atom. The van der Waals surface area contributed by atoms with Crippen LogP contribution >= 0.6 is 0 Å². The number of hydrogen-bond acceptors (Lipinski definition) is 3. The van der Waals surface area contributed by atoms with Crippen LogP contribution in [0.5, 0.6) is 5.75 Å². The average Bonchev–Trinajstić information content (AvgIpc) is 2.03. The summed E-state index contributed by atoms with van der Waals surface area (Å²) in [6.45, 7) is 3.44. The van der Waals surface area contributed by atoms with E-state index in [1.807, 2.05) is 0 Å². The van der Waals surface area contributed by atoms with Crippen LogP contribution in [0.15, 0.2) is 24.3 Å². The molecule has 15 heavy (non-hydrogen) atoms. The third-order valence-corrected chi connectivity index (χ3v) is 1.13. The molecule has 0 radical (unpaired) electrons. The van der Waals surface area contributed by atoms with Crippen LogP contribution in [0.2, 0.25) is 0 Å². The Labute approximate surface area is 103 Å². The topological polar surface area (TPSA) is 77.8 Å². The van der Waals surface area contributed by atoms with Crippen LogP contribution in [0, 0.1) is 0 Å². The molecule has 1 aromatic rings. The first-order valence-electron chi connectivity index (χ1n) is 4.14. The molecule has 0 aromatic heterocycles. The number of rotatable bonds is 1. The number of hydrogen-bond donors (Lipinski definition) is 3. The second kappa shape index (κ2) is 8.47. The molecule has 0 saturated heterocycles. The Bertz CT molecular complexity index is 296. The van der Waals surface area contributed by atoms with Crippen molar-refractivity contribution in [1.82, 2.24) is 0 Å². The first-order valence-corrected chi connectivity index (χ1v) is 4.14. The smallest absolute Gasteiger partial charge is 0.339 e. The van der Waals surface area contributed by atoms with Gasteiger partial charge in [0, 0.05) is 27.8 Å². The predicted molar refractivity (Wildman–Crippen MR) is 52.4 cm³/mol. The van der Waals surface area contributed by atoms with Gasteiger partial charge in [-0.15, -0.1) is 0 Å². The first-order chi connectivity index (χ1) is 6.45. The molecule has 82 valence electrons. The van der Waals surface area contributed by atoms with E-state index in [-0.39, 0.29) is 39.1 Å². The zero-order chi connectivity index (χ0) is 11.1. The van der Waals surface area contributed by atoms with Crippen molar-refractivity contribution in [1.29, 1.82) is 0 Å². The standard InChI is InChI=1S/C7H6O3.C3H8O.Ti/c8-6-4-2-1-3-5(6)7(9)10;1-3(2)4;/h1-4,8H,(H,9,10);3-4H,1-2H3;. The number of carboxylic acids is 1. The van der Waals surface area contributed by atoms with Crippen molar-refractivity contribution in [2.24, 2.45) is 0 Å². The van der Waals surface area contributed by atoms with E-state index in [4.69, 9.17) is 15.3 Å². The van der Waals surface area contributed by atoms with Gasteiger partial charge in [0.25, 0.3) is 0 Å². The molecule has 3 N–H and O–H groups in total. The normalized spacial score (nSPS) is 8.53. The molecule has 0 saturated carbocycles. The first kappa shape index (κ1) is 16.6. The molecular formula is C10H14O4Ti. The number of aliphatic hydroxyl groups excluding tert-OH is 1. The average molecular weight is 246 g/mol. The van der Waals surface area contributed by atoms with Gasteiger partial charge in [0.2, 0.25) is 0 Å². The summed E-state index contributed by atoms with van der Waals surface area (Å²) in [5.74, 6) is -1.31. The van der Waals surface area contributed by atoms with Crippen molar-refractivity contribution in [3.8, 4) is 5.75 Å². The minimum Gasteiger partial charge on any atom is -0.507 e. The van der Waals surface area contributed by atoms with Gasteiger partial charge in [0.05, 0.1) is 0 Å². The van der Waals surface area contributed by atoms with Gasteiger partial charge in [-0.3, -0.25) is 0 Å². The van der Waals surface area contributed by atoms with Crippen LogP contribution in [0.25, 0.3) is 0 Å². The molecule has 1 rings (SSSR count). The maximum atomic E-state index is 10.3. The Morgan fingerprint density at radius 2 is 1.67 bits per heavy atom. The van der Waals surface area contributed by atoms with E-state index in [1.54, 1.807) is 26.0 Å². The van der Waals surface area contributed by atoms with Gasteiger partial charge < -0.3 is 15.3 Å². The van der Waals surface area contributed by atoms with Crippen LogP contribution < -0.4 is 0 Å². The van der Waals surface area contributed by atoms with Gasteiger partial charge in [0.1, 0.15) is 11.3 Å². The third kappa shape index (κ3) is 8.18. The van der Waals surface area contributed by atoms with Crippen molar-refractivity contribution in [2.75, 3.05) is 0 Å². The minimum absolute atomic E-state index is 0. The van der Waals surface area contributed by atoms with Gasteiger partial charge in [-0.05, 0) is 26.0 Å². The number of aromatic hydroxyl groups is 1. The number of carboxylic acid groups (broad SMARTS) is 1. The van der Waals surface area contributed by atoms with Crippen LogP contribution in [-0.4, -0.2) is 27.4 Å². The van der Waals surface area contributed by atoms with Crippen LogP contribution in [0.3, 0.4) is 0 Å². The monoisotopic (exact) mass is 246 g/mol. The third-order valence-electron chi connectivity index (χ3n) is 1.13. The molecule has 0 bridgehead atoms. The van der Waals surface area contributed by atoms with Crippen LogP contribution in [-0.2, 0) is 21.7 Å². The van der Waals surface area contributed by atoms with E-state index < -0.39 is 5.97 Å².